The molecule has 0 aliphatic carbocycles. The molecule has 1 unspecified atom stereocenters. The molecule has 2 rings (SSSR count). The van der Waals surface area contributed by atoms with Gasteiger partial charge in [0.25, 0.3) is 5.91 Å². The zero-order valence-corrected chi connectivity index (χ0v) is 10.3. The molecule has 1 saturated heterocycles. The predicted molar refractivity (Wildman–Crippen MR) is 64.3 cm³/mol. The molecule has 1 atom stereocenters. The Labute approximate surface area is 109 Å². The van der Waals surface area contributed by atoms with Gasteiger partial charge in [-0.05, 0) is 12.1 Å². The lowest BCUT2D eigenvalue weighted by Crippen LogP contribution is -2.53. The van der Waals surface area contributed by atoms with E-state index in [0.29, 0.717) is 13.1 Å². The molecule has 1 heterocycles. The average Bonchev–Trinajstić information content (AvgIpc) is 2.26. The number of likely N-dealkylation sites (tertiary alicyclic amines) is 1. The number of rotatable bonds is 3. The normalized spacial score (nSPS) is 16.8. The molecular weight excluding hydrogens is 253 g/mol. The molecule has 0 saturated carbocycles. The van der Waals surface area contributed by atoms with Gasteiger partial charge in [-0.15, -0.1) is 0 Å². The van der Waals surface area contributed by atoms with E-state index in [-0.39, 0.29) is 17.2 Å². The molecule has 0 bridgehead atoms. The number of phenols is 1. The van der Waals surface area contributed by atoms with Gasteiger partial charge in [-0.25, -0.2) is 4.39 Å². The molecule has 102 valence electrons. The van der Waals surface area contributed by atoms with Crippen LogP contribution in [0.15, 0.2) is 18.2 Å². The largest absolute Gasteiger partial charge is 0.508 e. The van der Waals surface area contributed by atoms with Crippen molar-refractivity contribution in [2.75, 3.05) is 13.1 Å². The molecule has 0 spiro atoms. The van der Waals surface area contributed by atoms with E-state index in [0.717, 1.165) is 6.07 Å². The Kier molecular flexibility index (Phi) is 3.42. The first-order chi connectivity index (χ1) is 8.90. The summed E-state index contributed by atoms with van der Waals surface area (Å²) in [4.78, 5) is 24.1. The highest BCUT2D eigenvalue weighted by Gasteiger charge is 2.38. The lowest BCUT2D eigenvalue weighted by molar-refractivity contribution is -0.144. The number of amides is 1. The summed E-state index contributed by atoms with van der Waals surface area (Å²) in [5, 5.41) is 17.9. The van der Waals surface area contributed by atoms with Gasteiger partial charge in [0.05, 0.1) is 11.5 Å². The van der Waals surface area contributed by atoms with Gasteiger partial charge < -0.3 is 15.1 Å². The maximum atomic E-state index is 13.5. The van der Waals surface area contributed by atoms with Gasteiger partial charge in [-0.1, -0.05) is 6.92 Å². The Morgan fingerprint density at radius 1 is 1.42 bits per heavy atom. The predicted octanol–water partition coefficient (Wildman–Crippen LogP) is 1.32. The summed E-state index contributed by atoms with van der Waals surface area (Å²) >= 11 is 0. The van der Waals surface area contributed by atoms with Gasteiger partial charge in [0.1, 0.15) is 11.6 Å². The summed E-state index contributed by atoms with van der Waals surface area (Å²) < 4.78 is 13.5. The minimum Gasteiger partial charge on any atom is -0.508 e. The molecule has 1 fully saturated rings. The van der Waals surface area contributed by atoms with Crippen LogP contribution in [0.2, 0.25) is 0 Å². The molecule has 0 radical (unpaired) electrons. The second-order valence-electron chi connectivity index (χ2n) is 4.76. The number of halogens is 1. The highest BCUT2D eigenvalue weighted by molar-refractivity contribution is 5.95. The quantitative estimate of drug-likeness (QED) is 0.866. The summed E-state index contributed by atoms with van der Waals surface area (Å²) in [6.45, 7) is 2.22. The summed E-state index contributed by atoms with van der Waals surface area (Å²) in [7, 11) is 0. The standard InChI is InChI=1S/C13H14FNO4/c1-7(13(18)19)8-5-15(6-8)12(17)10-3-2-9(16)4-11(10)14/h2-4,7-8,16H,5-6H2,1H3,(H,18,19). The summed E-state index contributed by atoms with van der Waals surface area (Å²) in [6, 6.07) is 3.35. The van der Waals surface area contributed by atoms with Crippen LogP contribution >= 0.6 is 0 Å². The van der Waals surface area contributed by atoms with Crippen LogP contribution < -0.4 is 0 Å². The Balaban J connectivity index is 2.02. The van der Waals surface area contributed by atoms with Crippen LogP contribution in [0.1, 0.15) is 17.3 Å². The first-order valence-corrected chi connectivity index (χ1v) is 5.90. The van der Waals surface area contributed by atoms with E-state index in [1.807, 2.05) is 0 Å². The fourth-order valence-electron chi connectivity index (χ4n) is 2.04. The number of aliphatic carboxylic acids is 1. The highest BCUT2D eigenvalue weighted by atomic mass is 19.1. The number of phenolic OH excluding ortho intramolecular Hbond substituents is 1. The van der Waals surface area contributed by atoms with E-state index in [9.17, 15) is 14.0 Å². The smallest absolute Gasteiger partial charge is 0.306 e. The van der Waals surface area contributed by atoms with Crippen LogP contribution in [0.25, 0.3) is 0 Å². The molecular formula is C13H14FNO4. The first kappa shape index (κ1) is 13.3. The maximum Gasteiger partial charge on any atom is 0.306 e. The number of carboxylic acids is 1. The van der Waals surface area contributed by atoms with Gasteiger partial charge in [0, 0.05) is 25.1 Å². The Hall–Kier alpha value is -2.11. The van der Waals surface area contributed by atoms with E-state index in [2.05, 4.69) is 0 Å². The highest BCUT2D eigenvalue weighted by Crippen LogP contribution is 2.26. The summed E-state index contributed by atoms with van der Waals surface area (Å²) in [5.41, 5.74) is -0.112. The topological polar surface area (TPSA) is 77.8 Å². The average molecular weight is 267 g/mol. The van der Waals surface area contributed by atoms with Crippen LogP contribution in [0.4, 0.5) is 4.39 Å². The zero-order valence-electron chi connectivity index (χ0n) is 10.3. The number of nitrogens with zero attached hydrogens (tertiary/aromatic N) is 1. The number of aromatic hydroxyl groups is 1. The Morgan fingerprint density at radius 2 is 2.05 bits per heavy atom. The fourth-order valence-corrected chi connectivity index (χ4v) is 2.04. The summed E-state index contributed by atoms with van der Waals surface area (Å²) in [5.74, 6) is -3.01. The van der Waals surface area contributed by atoms with E-state index in [1.165, 1.54) is 17.0 Å². The Morgan fingerprint density at radius 3 is 2.58 bits per heavy atom. The van der Waals surface area contributed by atoms with Gasteiger partial charge in [-0.2, -0.15) is 0 Å². The van der Waals surface area contributed by atoms with Crippen molar-refractivity contribution >= 4 is 11.9 Å². The Bertz CT molecular complexity index is 525. The van der Waals surface area contributed by atoms with Crippen molar-refractivity contribution in [1.82, 2.24) is 4.90 Å². The molecule has 1 aromatic carbocycles. The fraction of sp³-hybridized carbons (Fsp3) is 0.385. The van der Waals surface area contributed by atoms with Crippen molar-refractivity contribution in [1.29, 1.82) is 0 Å². The van der Waals surface area contributed by atoms with Crippen molar-refractivity contribution in [2.45, 2.75) is 6.92 Å². The molecule has 1 aliphatic rings. The second kappa shape index (κ2) is 4.87. The van der Waals surface area contributed by atoms with Gasteiger partial charge >= 0.3 is 5.97 Å². The number of carbonyl (C=O) groups is 2. The molecule has 6 heteroatoms. The number of hydrogen-bond acceptors (Lipinski definition) is 3. The second-order valence-corrected chi connectivity index (χ2v) is 4.76. The van der Waals surface area contributed by atoms with Crippen LogP contribution in [0, 0.1) is 17.7 Å². The van der Waals surface area contributed by atoms with E-state index in [1.54, 1.807) is 6.92 Å². The number of benzene rings is 1. The van der Waals surface area contributed by atoms with E-state index in [4.69, 9.17) is 10.2 Å². The van der Waals surface area contributed by atoms with Crippen molar-refractivity contribution in [3.05, 3.63) is 29.6 Å². The van der Waals surface area contributed by atoms with Crippen molar-refractivity contribution < 1.29 is 24.2 Å². The maximum absolute atomic E-state index is 13.5. The third kappa shape index (κ3) is 2.52. The third-order valence-corrected chi connectivity index (χ3v) is 3.48. The van der Waals surface area contributed by atoms with Crippen molar-refractivity contribution in [2.24, 2.45) is 11.8 Å². The minimum atomic E-state index is -0.895. The molecule has 5 nitrogen and oxygen atoms in total. The number of carboxylic acid groups (broad SMARTS) is 1. The van der Waals surface area contributed by atoms with Crippen LogP contribution in [0.3, 0.4) is 0 Å². The lowest BCUT2D eigenvalue weighted by atomic mass is 9.86. The van der Waals surface area contributed by atoms with Crippen molar-refractivity contribution in [3.63, 3.8) is 0 Å². The molecule has 1 aliphatic heterocycles. The van der Waals surface area contributed by atoms with Crippen LogP contribution in [-0.2, 0) is 4.79 Å². The summed E-state index contributed by atoms with van der Waals surface area (Å²) in [6.07, 6.45) is 0. The lowest BCUT2D eigenvalue weighted by Gasteiger charge is -2.41. The number of hydrogen-bond donors (Lipinski definition) is 2. The molecule has 1 amide bonds. The molecule has 2 N–H and O–H groups in total. The monoisotopic (exact) mass is 267 g/mol. The van der Waals surface area contributed by atoms with Gasteiger partial charge in [0.2, 0.25) is 0 Å². The SMILES string of the molecule is CC(C(=O)O)C1CN(C(=O)c2ccc(O)cc2F)C1. The van der Waals surface area contributed by atoms with Gasteiger partial charge in [0.15, 0.2) is 0 Å². The third-order valence-electron chi connectivity index (χ3n) is 3.48. The van der Waals surface area contributed by atoms with Gasteiger partial charge in [-0.3, -0.25) is 9.59 Å². The molecule has 1 aromatic rings. The van der Waals surface area contributed by atoms with E-state index >= 15 is 0 Å². The van der Waals surface area contributed by atoms with Crippen LogP contribution in [-0.4, -0.2) is 40.1 Å². The first-order valence-electron chi connectivity index (χ1n) is 5.90. The number of carbonyl (C=O) groups excluding carboxylic acids is 1. The zero-order chi connectivity index (χ0) is 14.2. The van der Waals surface area contributed by atoms with E-state index < -0.39 is 23.6 Å². The minimum absolute atomic E-state index is 0.0957. The van der Waals surface area contributed by atoms with Crippen molar-refractivity contribution in [3.8, 4) is 5.75 Å². The molecule has 19 heavy (non-hydrogen) atoms. The molecule has 0 aromatic heterocycles. The van der Waals surface area contributed by atoms with Crippen LogP contribution in [0.5, 0.6) is 5.75 Å².